The lowest BCUT2D eigenvalue weighted by Crippen LogP contribution is -2.39. The van der Waals surface area contributed by atoms with Gasteiger partial charge in [-0.3, -0.25) is 9.69 Å². The summed E-state index contributed by atoms with van der Waals surface area (Å²) in [6, 6.07) is 3.20. The Morgan fingerprint density at radius 2 is 2.06 bits per heavy atom. The van der Waals surface area contributed by atoms with Gasteiger partial charge in [-0.1, -0.05) is 6.07 Å². The zero-order valence-corrected chi connectivity index (χ0v) is 9.21. The van der Waals surface area contributed by atoms with Crippen molar-refractivity contribution in [2.45, 2.75) is 19.5 Å². The Bertz CT molecular complexity index is 396. The summed E-state index contributed by atoms with van der Waals surface area (Å²) in [6.07, 6.45) is 0. The highest BCUT2D eigenvalue weighted by molar-refractivity contribution is 5.79. The molecule has 1 amide bonds. The van der Waals surface area contributed by atoms with Crippen LogP contribution in [0.2, 0.25) is 0 Å². The number of nitrogens with two attached hydrogens (primary N) is 1. The third-order valence-corrected chi connectivity index (χ3v) is 2.49. The Hall–Kier alpha value is -1.49. The molecule has 0 saturated carbocycles. The van der Waals surface area contributed by atoms with Crippen molar-refractivity contribution in [2.75, 3.05) is 7.05 Å². The first-order valence-electron chi connectivity index (χ1n) is 4.85. The summed E-state index contributed by atoms with van der Waals surface area (Å²) in [5.41, 5.74) is 5.72. The Morgan fingerprint density at radius 1 is 1.44 bits per heavy atom. The second-order valence-electron chi connectivity index (χ2n) is 3.74. The van der Waals surface area contributed by atoms with Crippen LogP contribution in [-0.2, 0) is 11.3 Å². The van der Waals surface area contributed by atoms with E-state index in [-0.39, 0.29) is 0 Å². The second-order valence-corrected chi connectivity index (χ2v) is 3.74. The molecule has 1 rings (SSSR count). The first-order valence-corrected chi connectivity index (χ1v) is 4.85. The van der Waals surface area contributed by atoms with E-state index in [1.54, 1.807) is 18.9 Å². The van der Waals surface area contributed by atoms with Gasteiger partial charge >= 0.3 is 0 Å². The highest BCUT2D eigenvalue weighted by Gasteiger charge is 2.15. The predicted molar refractivity (Wildman–Crippen MR) is 56.5 cm³/mol. The maximum absolute atomic E-state index is 12.9. The van der Waals surface area contributed by atoms with Gasteiger partial charge in [0, 0.05) is 6.54 Å². The molecule has 0 radical (unpaired) electrons. The van der Waals surface area contributed by atoms with E-state index < -0.39 is 23.6 Å². The van der Waals surface area contributed by atoms with Gasteiger partial charge in [0.25, 0.3) is 0 Å². The third-order valence-electron chi connectivity index (χ3n) is 2.49. The van der Waals surface area contributed by atoms with Crippen molar-refractivity contribution in [3.63, 3.8) is 0 Å². The fraction of sp³-hybridized carbons (Fsp3) is 0.364. The molecule has 2 N–H and O–H groups in total. The minimum atomic E-state index is -0.891. The van der Waals surface area contributed by atoms with Crippen molar-refractivity contribution in [1.29, 1.82) is 0 Å². The maximum atomic E-state index is 12.9. The number of carbonyl (C=O) groups excluding carboxylic acids is 1. The van der Waals surface area contributed by atoms with Gasteiger partial charge in [-0.2, -0.15) is 0 Å². The number of hydrogen-bond donors (Lipinski definition) is 1. The number of halogens is 2. The van der Waals surface area contributed by atoms with Crippen LogP contribution in [0.25, 0.3) is 0 Å². The summed E-state index contributed by atoms with van der Waals surface area (Å²) in [4.78, 5) is 12.6. The number of hydrogen-bond acceptors (Lipinski definition) is 2. The van der Waals surface area contributed by atoms with Gasteiger partial charge in [-0.05, 0) is 31.7 Å². The molecule has 0 fully saturated rings. The first kappa shape index (κ1) is 12.6. The van der Waals surface area contributed by atoms with Gasteiger partial charge in [0.15, 0.2) is 11.6 Å². The molecule has 0 spiro atoms. The van der Waals surface area contributed by atoms with Gasteiger partial charge in [0.05, 0.1) is 6.04 Å². The number of benzene rings is 1. The monoisotopic (exact) mass is 228 g/mol. The Kier molecular flexibility index (Phi) is 3.95. The number of rotatable bonds is 4. The topological polar surface area (TPSA) is 46.3 Å². The zero-order chi connectivity index (χ0) is 12.3. The lowest BCUT2D eigenvalue weighted by atomic mass is 10.2. The molecule has 1 aromatic carbocycles. The van der Waals surface area contributed by atoms with Crippen molar-refractivity contribution in [3.05, 3.63) is 35.4 Å². The molecule has 0 aliphatic carbocycles. The fourth-order valence-corrected chi connectivity index (χ4v) is 1.28. The lowest BCUT2D eigenvalue weighted by molar-refractivity contribution is -0.122. The number of nitrogens with zero attached hydrogens (tertiary/aromatic N) is 1. The lowest BCUT2D eigenvalue weighted by Gasteiger charge is -2.21. The molecule has 16 heavy (non-hydrogen) atoms. The van der Waals surface area contributed by atoms with Crippen LogP contribution in [0.5, 0.6) is 0 Å². The van der Waals surface area contributed by atoms with Crippen molar-refractivity contribution >= 4 is 5.91 Å². The molecule has 0 unspecified atom stereocenters. The Balaban J connectivity index is 2.73. The standard InChI is InChI=1S/C11H14F2N2O/c1-7(11(14)16)15(2)6-8-3-4-9(12)10(13)5-8/h3-5,7H,6H2,1-2H3,(H2,14,16)/t7-/m0/s1. The molecule has 1 atom stereocenters. The van der Waals surface area contributed by atoms with Crippen LogP contribution < -0.4 is 5.73 Å². The van der Waals surface area contributed by atoms with Crippen molar-refractivity contribution in [2.24, 2.45) is 5.73 Å². The number of primary amides is 1. The molecule has 0 saturated heterocycles. The Morgan fingerprint density at radius 3 is 2.56 bits per heavy atom. The fourth-order valence-electron chi connectivity index (χ4n) is 1.28. The van der Waals surface area contributed by atoms with Gasteiger partial charge < -0.3 is 5.73 Å². The Labute approximate surface area is 92.8 Å². The largest absolute Gasteiger partial charge is 0.368 e. The summed E-state index contributed by atoms with van der Waals surface area (Å²) in [7, 11) is 1.69. The normalized spacial score (nSPS) is 12.8. The number of likely N-dealkylation sites (N-methyl/N-ethyl adjacent to an activating group) is 1. The summed E-state index contributed by atoms with van der Waals surface area (Å²) < 4.78 is 25.6. The van der Waals surface area contributed by atoms with E-state index in [1.165, 1.54) is 6.07 Å². The molecule has 0 heterocycles. The summed E-state index contributed by atoms with van der Waals surface area (Å²) >= 11 is 0. The van der Waals surface area contributed by atoms with Crippen molar-refractivity contribution in [3.8, 4) is 0 Å². The summed E-state index contributed by atoms with van der Waals surface area (Å²) in [6.45, 7) is 1.99. The summed E-state index contributed by atoms with van der Waals surface area (Å²) in [5.74, 6) is -2.22. The number of amides is 1. The molecule has 3 nitrogen and oxygen atoms in total. The quantitative estimate of drug-likeness (QED) is 0.843. The molecule has 0 aliphatic rings. The van der Waals surface area contributed by atoms with Crippen LogP contribution in [0.3, 0.4) is 0 Å². The third kappa shape index (κ3) is 3.00. The van der Waals surface area contributed by atoms with Gasteiger partial charge in [-0.15, -0.1) is 0 Å². The zero-order valence-electron chi connectivity index (χ0n) is 9.21. The molecule has 5 heteroatoms. The molecule has 0 aliphatic heterocycles. The molecular formula is C11H14F2N2O. The second kappa shape index (κ2) is 5.03. The molecule has 1 aromatic rings. The van der Waals surface area contributed by atoms with Crippen LogP contribution in [0.1, 0.15) is 12.5 Å². The average molecular weight is 228 g/mol. The van der Waals surface area contributed by atoms with E-state index in [1.807, 2.05) is 0 Å². The van der Waals surface area contributed by atoms with Crippen LogP contribution in [0, 0.1) is 11.6 Å². The minimum absolute atomic E-state index is 0.335. The van der Waals surface area contributed by atoms with Gasteiger partial charge in [0.1, 0.15) is 0 Å². The molecule has 0 aromatic heterocycles. The van der Waals surface area contributed by atoms with Crippen LogP contribution in [-0.4, -0.2) is 23.9 Å². The maximum Gasteiger partial charge on any atom is 0.234 e. The van der Waals surface area contributed by atoms with Crippen LogP contribution in [0.15, 0.2) is 18.2 Å². The van der Waals surface area contributed by atoms with Gasteiger partial charge in [-0.25, -0.2) is 8.78 Å². The van der Waals surface area contributed by atoms with Crippen LogP contribution in [0.4, 0.5) is 8.78 Å². The van der Waals surface area contributed by atoms with Gasteiger partial charge in [0.2, 0.25) is 5.91 Å². The highest BCUT2D eigenvalue weighted by atomic mass is 19.2. The number of carbonyl (C=O) groups is 1. The van der Waals surface area contributed by atoms with E-state index in [2.05, 4.69) is 0 Å². The van der Waals surface area contributed by atoms with Crippen molar-refractivity contribution in [1.82, 2.24) is 4.90 Å². The van der Waals surface area contributed by atoms with E-state index in [0.717, 1.165) is 12.1 Å². The van der Waals surface area contributed by atoms with E-state index >= 15 is 0 Å². The average Bonchev–Trinajstić information content (AvgIpc) is 2.22. The van der Waals surface area contributed by atoms with E-state index in [4.69, 9.17) is 5.73 Å². The first-order chi connectivity index (χ1) is 7.41. The smallest absolute Gasteiger partial charge is 0.234 e. The van der Waals surface area contributed by atoms with Crippen molar-refractivity contribution < 1.29 is 13.6 Å². The van der Waals surface area contributed by atoms with E-state index in [0.29, 0.717) is 12.1 Å². The SMILES string of the molecule is C[C@@H](C(N)=O)N(C)Cc1ccc(F)c(F)c1. The molecule has 0 bridgehead atoms. The minimum Gasteiger partial charge on any atom is -0.368 e. The molecule has 88 valence electrons. The summed E-state index contributed by atoms with van der Waals surface area (Å²) in [5, 5.41) is 0. The van der Waals surface area contributed by atoms with E-state index in [9.17, 15) is 13.6 Å². The predicted octanol–water partition coefficient (Wildman–Crippen LogP) is 1.27. The highest BCUT2D eigenvalue weighted by Crippen LogP contribution is 2.11. The van der Waals surface area contributed by atoms with Crippen LogP contribution >= 0.6 is 0 Å². The molecular weight excluding hydrogens is 214 g/mol.